The minimum absolute atomic E-state index is 0.0129. The summed E-state index contributed by atoms with van der Waals surface area (Å²) in [6.45, 7) is -0.369. The van der Waals surface area contributed by atoms with Gasteiger partial charge in [-0.1, -0.05) is 18.2 Å². The van der Waals surface area contributed by atoms with Gasteiger partial charge in [0.1, 0.15) is 11.5 Å². The largest absolute Gasteiger partial charge is 0.457 e. The molecule has 0 heterocycles. The number of nitrogens with two attached hydrogens (primary N) is 1. The van der Waals surface area contributed by atoms with Crippen molar-refractivity contribution in [1.82, 2.24) is 0 Å². The van der Waals surface area contributed by atoms with E-state index >= 15 is 0 Å². The van der Waals surface area contributed by atoms with Crippen molar-refractivity contribution in [3.63, 3.8) is 0 Å². The van der Waals surface area contributed by atoms with Gasteiger partial charge in [-0.3, -0.25) is 0 Å². The molecule has 6 heteroatoms. The van der Waals surface area contributed by atoms with Crippen LogP contribution in [0.4, 0.5) is 13.2 Å². The molecule has 3 N–H and O–H groups in total. The summed E-state index contributed by atoms with van der Waals surface area (Å²) in [4.78, 5) is 0. The SMILES string of the molecule is NCc1ccc(Oc2cccc(CO)c2)cc1C(F)(F)F. The Morgan fingerprint density at radius 3 is 2.38 bits per heavy atom. The van der Waals surface area contributed by atoms with Gasteiger partial charge in [-0.2, -0.15) is 13.2 Å². The van der Waals surface area contributed by atoms with E-state index in [0.717, 1.165) is 6.07 Å². The minimum Gasteiger partial charge on any atom is -0.457 e. The van der Waals surface area contributed by atoms with Crippen molar-refractivity contribution >= 4 is 0 Å². The maximum atomic E-state index is 12.9. The van der Waals surface area contributed by atoms with Crippen LogP contribution in [0.2, 0.25) is 0 Å². The van der Waals surface area contributed by atoms with Gasteiger partial charge in [-0.25, -0.2) is 0 Å². The van der Waals surface area contributed by atoms with Gasteiger partial charge in [-0.05, 0) is 35.4 Å². The van der Waals surface area contributed by atoms with E-state index < -0.39 is 11.7 Å². The van der Waals surface area contributed by atoms with Crippen molar-refractivity contribution in [2.45, 2.75) is 19.3 Å². The van der Waals surface area contributed by atoms with E-state index in [4.69, 9.17) is 15.6 Å². The highest BCUT2D eigenvalue weighted by Gasteiger charge is 2.33. The topological polar surface area (TPSA) is 55.5 Å². The average Bonchev–Trinajstić information content (AvgIpc) is 2.46. The van der Waals surface area contributed by atoms with Gasteiger partial charge in [-0.15, -0.1) is 0 Å². The number of rotatable bonds is 4. The van der Waals surface area contributed by atoms with Gasteiger partial charge in [0.05, 0.1) is 12.2 Å². The van der Waals surface area contributed by atoms with Crippen molar-refractivity contribution in [2.75, 3.05) is 0 Å². The van der Waals surface area contributed by atoms with Gasteiger partial charge in [0.25, 0.3) is 0 Å². The summed E-state index contributed by atoms with van der Waals surface area (Å²) in [6.07, 6.45) is -4.49. The van der Waals surface area contributed by atoms with Crippen molar-refractivity contribution in [2.24, 2.45) is 5.73 Å². The molecule has 0 saturated heterocycles. The number of ether oxygens (including phenoxy) is 1. The zero-order chi connectivity index (χ0) is 15.5. The van der Waals surface area contributed by atoms with Crippen LogP contribution in [0.5, 0.6) is 11.5 Å². The Bertz CT molecular complexity index is 627. The molecule has 2 aromatic carbocycles. The van der Waals surface area contributed by atoms with Crippen molar-refractivity contribution in [3.05, 3.63) is 59.2 Å². The molecule has 3 nitrogen and oxygen atoms in total. The van der Waals surface area contributed by atoms with Crippen LogP contribution in [0.25, 0.3) is 0 Å². The smallest absolute Gasteiger partial charge is 0.416 e. The number of benzene rings is 2. The summed E-state index contributed by atoms with van der Waals surface area (Å²) in [5, 5.41) is 9.03. The first-order valence-corrected chi connectivity index (χ1v) is 6.22. The lowest BCUT2D eigenvalue weighted by molar-refractivity contribution is -0.138. The number of hydrogen-bond acceptors (Lipinski definition) is 3. The van der Waals surface area contributed by atoms with E-state index in [2.05, 4.69) is 0 Å². The molecule has 0 aromatic heterocycles. The molecule has 0 amide bonds. The van der Waals surface area contributed by atoms with Gasteiger partial charge >= 0.3 is 6.18 Å². The van der Waals surface area contributed by atoms with Gasteiger partial charge in [0, 0.05) is 6.54 Å². The van der Waals surface area contributed by atoms with Crippen LogP contribution in [0.1, 0.15) is 16.7 Å². The lowest BCUT2D eigenvalue weighted by atomic mass is 10.1. The van der Waals surface area contributed by atoms with E-state index in [9.17, 15) is 13.2 Å². The Labute approximate surface area is 119 Å². The first-order valence-electron chi connectivity index (χ1n) is 6.22. The third kappa shape index (κ3) is 3.74. The molecule has 0 unspecified atom stereocenters. The third-order valence-corrected chi connectivity index (χ3v) is 2.92. The number of aliphatic hydroxyl groups excluding tert-OH is 1. The highest BCUT2D eigenvalue weighted by molar-refractivity contribution is 5.40. The summed E-state index contributed by atoms with van der Waals surface area (Å²) >= 11 is 0. The summed E-state index contributed by atoms with van der Waals surface area (Å²) in [7, 11) is 0. The van der Waals surface area contributed by atoms with E-state index in [1.807, 2.05) is 0 Å². The summed E-state index contributed by atoms with van der Waals surface area (Å²) in [5.41, 5.74) is 5.14. The molecular formula is C15H14F3NO2. The van der Waals surface area contributed by atoms with E-state index in [0.29, 0.717) is 11.3 Å². The van der Waals surface area contributed by atoms with Crippen LogP contribution in [-0.2, 0) is 19.3 Å². The molecule has 0 aliphatic carbocycles. The second-order valence-corrected chi connectivity index (χ2v) is 4.43. The molecule has 0 radical (unpaired) electrons. The number of halogens is 3. The maximum absolute atomic E-state index is 12.9. The molecule has 0 fully saturated rings. The van der Waals surface area contributed by atoms with Gasteiger partial charge in [0.15, 0.2) is 0 Å². The summed E-state index contributed by atoms with van der Waals surface area (Å²) < 4.78 is 44.2. The molecule has 0 bridgehead atoms. The van der Waals surface area contributed by atoms with E-state index in [1.54, 1.807) is 24.3 Å². The van der Waals surface area contributed by atoms with Crippen LogP contribution in [0.15, 0.2) is 42.5 Å². The molecule has 0 saturated carbocycles. The van der Waals surface area contributed by atoms with Crippen LogP contribution in [0.3, 0.4) is 0 Å². The first kappa shape index (κ1) is 15.3. The molecule has 112 valence electrons. The predicted octanol–water partition coefficient (Wildman–Crippen LogP) is 3.45. The minimum atomic E-state index is -4.49. The normalized spacial score (nSPS) is 11.5. The monoisotopic (exact) mass is 297 g/mol. The summed E-state index contributed by atoms with van der Waals surface area (Å²) in [5.74, 6) is 0.421. The summed E-state index contributed by atoms with van der Waals surface area (Å²) in [6, 6.07) is 10.2. The zero-order valence-electron chi connectivity index (χ0n) is 11.0. The zero-order valence-corrected chi connectivity index (χ0v) is 11.0. The molecule has 0 spiro atoms. The Hall–Kier alpha value is -2.05. The highest BCUT2D eigenvalue weighted by atomic mass is 19.4. The second kappa shape index (κ2) is 6.15. The molecule has 0 aliphatic rings. The molecular weight excluding hydrogens is 283 g/mol. The van der Waals surface area contributed by atoms with Crippen molar-refractivity contribution in [1.29, 1.82) is 0 Å². The molecule has 21 heavy (non-hydrogen) atoms. The van der Waals surface area contributed by atoms with E-state index in [-0.39, 0.29) is 24.5 Å². The van der Waals surface area contributed by atoms with Gasteiger partial charge < -0.3 is 15.6 Å². The molecule has 2 rings (SSSR count). The number of alkyl halides is 3. The van der Waals surface area contributed by atoms with Crippen LogP contribution < -0.4 is 10.5 Å². The van der Waals surface area contributed by atoms with Gasteiger partial charge in [0.2, 0.25) is 0 Å². The lowest BCUT2D eigenvalue weighted by Crippen LogP contribution is -2.12. The van der Waals surface area contributed by atoms with Crippen LogP contribution >= 0.6 is 0 Å². The lowest BCUT2D eigenvalue weighted by Gasteiger charge is -2.14. The fourth-order valence-electron chi connectivity index (χ4n) is 1.90. The maximum Gasteiger partial charge on any atom is 0.416 e. The van der Waals surface area contributed by atoms with Crippen molar-refractivity contribution in [3.8, 4) is 11.5 Å². The Balaban J connectivity index is 2.32. The average molecular weight is 297 g/mol. The van der Waals surface area contributed by atoms with Crippen LogP contribution in [-0.4, -0.2) is 5.11 Å². The standard InChI is InChI=1S/C15H14F3NO2/c16-15(17,18)14-7-13(5-4-11(14)8-19)21-12-3-1-2-10(6-12)9-20/h1-7,20H,8-9,19H2. The second-order valence-electron chi connectivity index (χ2n) is 4.43. The Morgan fingerprint density at radius 1 is 1.05 bits per heavy atom. The quantitative estimate of drug-likeness (QED) is 0.908. The Kier molecular flexibility index (Phi) is 4.50. The number of hydrogen-bond donors (Lipinski definition) is 2. The predicted molar refractivity (Wildman–Crippen MR) is 71.8 cm³/mol. The Morgan fingerprint density at radius 2 is 1.76 bits per heavy atom. The third-order valence-electron chi connectivity index (χ3n) is 2.92. The van der Waals surface area contributed by atoms with E-state index in [1.165, 1.54) is 12.1 Å². The fraction of sp³-hybridized carbons (Fsp3) is 0.200. The fourth-order valence-corrected chi connectivity index (χ4v) is 1.90. The molecule has 0 atom stereocenters. The number of aliphatic hydroxyl groups is 1. The van der Waals surface area contributed by atoms with Crippen molar-refractivity contribution < 1.29 is 23.0 Å². The molecule has 0 aliphatic heterocycles. The molecule has 2 aromatic rings. The van der Waals surface area contributed by atoms with Crippen LogP contribution in [0, 0.1) is 0 Å². The highest BCUT2D eigenvalue weighted by Crippen LogP contribution is 2.35. The first-order chi connectivity index (χ1) is 9.94.